The van der Waals surface area contributed by atoms with Gasteiger partial charge in [-0.05, 0) is 58.0 Å². The number of aryl methyl sites for hydroxylation is 2. The number of hydrogen-bond acceptors (Lipinski definition) is 9. The highest BCUT2D eigenvalue weighted by Crippen LogP contribution is 2.40. The second kappa shape index (κ2) is 10.7. The lowest BCUT2D eigenvalue weighted by Crippen LogP contribution is -2.39. The summed E-state index contributed by atoms with van der Waals surface area (Å²) in [4.78, 5) is 17.6. The van der Waals surface area contributed by atoms with Gasteiger partial charge < -0.3 is 15.2 Å². The van der Waals surface area contributed by atoms with Gasteiger partial charge in [-0.1, -0.05) is 18.7 Å². The third-order valence-corrected chi connectivity index (χ3v) is 7.83. The molecular formula is C24H31N5O2S2. The first-order valence-corrected chi connectivity index (χ1v) is 13.0. The Kier molecular flexibility index (Phi) is 7.72. The van der Waals surface area contributed by atoms with Crippen LogP contribution in [0.3, 0.4) is 0 Å². The predicted octanol–water partition coefficient (Wildman–Crippen LogP) is 5.00. The van der Waals surface area contributed by atoms with Crippen LogP contribution in [0, 0.1) is 6.92 Å². The van der Waals surface area contributed by atoms with Crippen molar-refractivity contribution in [3.63, 3.8) is 0 Å². The molecule has 0 bridgehead atoms. The van der Waals surface area contributed by atoms with Gasteiger partial charge in [-0.25, -0.2) is 15.0 Å². The Balaban J connectivity index is 1.54. The fraction of sp³-hybridized carbons (Fsp3) is 0.458. The maximum atomic E-state index is 6.09. The molecule has 0 aliphatic carbocycles. The molecule has 0 radical (unpaired) electrons. The number of benzene rings is 1. The molecule has 1 atom stereocenters. The van der Waals surface area contributed by atoms with Crippen LogP contribution in [-0.4, -0.2) is 53.2 Å². The molecule has 9 heteroatoms. The van der Waals surface area contributed by atoms with Gasteiger partial charge in [0.2, 0.25) is 0 Å². The van der Waals surface area contributed by atoms with E-state index in [1.54, 1.807) is 36.3 Å². The average Bonchev–Trinajstić information content (AvgIpc) is 3.19. The zero-order valence-corrected chi connectivity index (χ0v) is 21.3. The van der Waals surface area contributed by atoms with E-state index in [0.717, 1.165) is 46.4 Å². The summed E-state index contributed by atoms with van der Waals surface area (Å²) >= 11 is 3.31. The topological polar surface area (TPSA) is 86.4 Å². The molecule has 0 amide bonds. The number of rotatable bonds is 10. The van der Waals surface area contributed by atoms with Crippen molar-refractivity contribution in [2.75, 3.05) is 39.1 Å². The minimum atomic E-state index is 0.108. The Morgan fingerprint density at radius 2 is 2.00 bits per heavy atom. The van der Waals surface area contributed by atoms with Crippen LogP contribution in [0.1, 0.15) is 41.8 Å². The van der Waals surface area contributed by atoms with E-state index in [-0.39, 0.29) is 5.25 Å². The number of thioether (sulfide) groups is 1. The molecule has 1 fully saturated rings. The molecule has 3 heterocycles. The molecule has 0 unspecified atom stereocenters. The van der Waals surface area contributed by atoms with Gasteiger partial charge in [0, 0.05) is 28.7 Å². The fourth-order valence-electron chi connectivity index (χ4n) is 3.70. The second-order valence-corrected chi connectivity index (χ2v) is 10.5. The number of thiazole rings is 1. The van der Waals surface area contributed by atoms with Gasteiger partial charge in [-0.15, -0.1) is 11.3 Å². The molecule has 2 aromatic heterocycles. The van der Waals surface area contributed by atoms with E-state index < -0.39 is 0 Å². The molecule has 1 aromatic carbocycles. The fourth-order valence-corrected chi connectivity index (χ4v) is 5.85. The minimum Gasteiger partial charge on any atom is -0.493 e. The van der Waals surface area contributed by atoms with Gasteiger partial charge in [-0.2, -0.15) is 0 Å². The van der Waals surface area contributed by atoms with Crippen molar-refractivity contribution >= 4 is 28.9 Å². The zero-order chi connectivity index (χ0) is 23.4. The minimum absolute atomic E-state index is 0.108. The lowest BCUT2D eigenvalue weighted by molar-refractivity contribution is 0.145. The van der Waals surface area contributed by atoms with Crippen molar-refractivity contribution in [3.05, 3.63) is 40.5 Å². The lowest BCUT2D eigenvalue weighted by atomic mass is 10.2. The maximum Gasteiger partial charge on any atom is 0.190 e. The summed E-state index contributed by atoms with van der Waals surface area (Å²) in [6.45, 7) is 10.2. The van der Waals surface area contributed by atoms with E-state index in [1.165, 1.54) is 24.4 Å². The lowest BCUT2D eigenvalue weighted by Gasteiger charge is -2.30. The number of aromatic nitrogens is 3. The molecule has 7 nitrogen and oxygen atoms in total. The summed E-state index contributed by atoms with van der Waals surface area (Å²) in [7, 11) is 1.67. The van der Waals surface area contributed by atoms with E-state index in [2.05, 4.69) is 28.7 Å². The number of methoxy groups -OCH3 is 1. The van der Waals surface area contributed by atoms with Gasteiger partial charge in [0.05, 0.1) is 18.1 Å². The summed E-state index contributed by atoms with van der Waals surface area (Å²) in [5.41, 5.74) is 8.88. The predicted molar refractivity (Wildman–Crippen MR) is 135 cm³/mol. The summed E-state index contributed by atoms with van der Waals surface area (Å²) in [6.07, 6.45) is 2.20. The number of nitrogen functional groups attached to an aromatic ring is 1. The number of anilines is 1. The average molecular weight is 486 g/mol. The Morgan fingerprint density at radius 1 is 1.18 bits per heavy atom. The monoisotopic (exact) mass is 485 g/mol. The van der Waals surface area contributed by atoms with Crippen molar-refractivity contribution in [3.8, 4) is 22.1 Å². The van der Waals surface area contributed by atoms with Crippen LogP contribution < -0.4 is 15.2 Å². The molecule has 1 aliphatic heterocycles. The highest BCUT2D eigenvalue weighted by atomic mass is 32.2. The standard InChI is InChI=1S/C24H31N5O2S2/c1-5-20-22(16(3)32-24-26-15(2)13-21(25)27-24)28-23(33-20)17-7-8-18(30-4)19(14-17)31-12-11-29-9-6-10-29/h7-8,13-14,16H,5-6,9-12H2,1-4H3,(H2,25,26,27)/t16-/m1/s1. The molecular weight excluding hydrogens is 454 g/mol. The number of nitrogens with zero attached hydrogens (tertiary/aromatic N) is 4. The third kappa shape index (κ3) is 5.77. The van der Waals surface area contributed by atoms with Crippen molar-refractivity contribution in [1.82, 2.24) is 19.9 Å². The van der Waals surface area contributed by atoms with E-state index >= 15 is 0 Å². The maximum absolute atomic E-state index is 6.09. The first-order valence-electron chi connectivity index (χ1n) is 11.3. The van der Waals surface area contributed by atoms with Gasteiger partial charge >= 0.3 is 0 Å². The van der Waals surface area contributed by atoms with Crippen molar-refractivity contribution < 1.29 is 9.47 Å². The Morgan fingerprint density at radius 3 is 2.67 bits per heavy atom. The van der Waals surface area contributed by atoms with Crippen LogP contribution in [0.5, 0.6) is 11.5 Å². The molecule has 33 heavy (non-hydrogen) atoms. The molecule has 0 saturated carbocycles. The number of nitrogens with two attached hydrogens (primary N) is 1. The first-order chi connectivity index (χ1) is 16.0. The molecule has 2 N–H and O–H groups in total. The van der Waals surface area contributed by atoms with Crippen LogP contribution >= 0.6 is 23.1 Å². The van der Waals surface area contributed by atoms with E-state index in [0.29, 0.717) is 17.6 Å². The second-order valence-electron chi connectivity index (χ2n) is 8.07. The third-order valence-electron chi connectivity index (χ3n) is 5.59. The molecule has 3 aromatic rings. The Labute approximate surface area is 203 Å². The van der Waals surface area contributed by atoms with E-state index in [9.17, 15) is 0 Å². The van der Waals surface area contributed by atoms with Gasteiger partial charge in [0.25, 0.3) is 0 Å². The normalized spacial score (nSPS) is 14.7. The largest absolute Gasteiger partial charge is 0.493 e. The van der Waals surface area contributed by atoms with Crippen LogP contribution in [-0.2, 0) is 6.42 Å². The molecule has 1 saturated heterocycles. The van der Waals surface area contributed by atoms with Crippen molar-refractivity contribution in [2.45, 2.75) is 44.0 Å². The quantitative estimate of drug-likeness (QED) is 0.317. The van der Waals surface area contributed by atoms with Crippen molar-refractivity contribution in [2.24, 2.45) is 0 Å². The highest BCUT2D eigenvalue weighted by Gasteiger charge is 2.20. The van der Waals surface area contributed by atoms with E-state index in [1.807, 2.05) is 25.1 Å². The van der Waals surface area contributed by atoms with Gasteiger partial charge in [-0.3, -0.25) is 4.90 Å². The Hall–Kier alpha value is -2.36. The molecule has 0 spiro atoms. The Bertz CT molecular complexity index is 1080. The summed E-state index contributed by atoms with van der Waals surface area (Å²) in [5, 5.41) is 1.77. The number of likely N-dealkylation sites (tertiary alicyclic amines) is 1. The SMILES string of the molecule is CCc1sc(-c2ccc(OC)c(OCCN3CCC3)c2)nc1[C@@H](C)Sc1nc(C)cc(N)n1. The van der Waals surface area contributed by atoms with Gasteiger partial charge in [0.15, 0.2) is 16.7 Å². The summed E-state index contributed by atoms with van der Waals surface area (Å²) < 4.78 is 11.6. The first kappa shape index (κ1) is 23.8. The van der Waals surface area contributed by atoms with Crippen LogP contribution in [0.2, 0.25) is 0 Å². The highest BCUT2D eigenvalue weighted by molar-refractivity contribution is 7.99. The molecule has 176 valence electrons. The molecule has 4 rings (SSSR count). The van der Waals surface area contributed by atoms with Gasteiger partial charge in [0.1, 0.15) is 17.4 Å². The van der Waals surface area contributed by atoms with Crippen LogP contribution in [0.15, 0.2) is 29.4 Å². The molecule has 1 aliphatic rings. The zero-order valence-electron chi connectivity index (χ0n) is 19.6. The number of hydrogen-bond donors (Lipinski definition) is 1. The smallest absolute Gasteiger partial charge is 0.190 e. The summed E-state index contributed by atoms with van der Waals surface area (Å²) in [6, 6.07) is 7.83. The summed E-state index contributed by atoms with van der Waals surface area (Å²) in [5.74, 6) is 2.00. The number of ether oxygens (including phenoxy) is 2. The van der Waals surface area contributed by atoms with E-state index in [4.69, 9.17) is 20.2 Å². The van der Waals surface area contributed by atoms with Crippen LogP contribution in [0.25, 0.3) is 10.6 Å². The van der Waals surface area contributed by atoms with Crippen LogP contribution in [0.4, 0.5) is 5.82 Å². The van der Waals surface area contributed by atoms with Crippen molar-refractivity contribution in [1.29, 1.82) is 0 Å².